The van der Waals surface area contributed by atoms with Crippen molar-refractivity contribution in [3.63, 3.8) is 0 Å². The predicted molar refractivity (Wildman–Crippen MR) is 119 cm³/mol. The second-order valence-electron chi connectivity index (χ2n) is 8.03. The predicted octanol–water partition coefficient (Wildman–Crippen LogP) is 2.96. The number of hydrogen-bond acceptors (Lipinski definition) is 7. The van der Waals surface area contributed by atoms with E-state index >= 15 is 0 Å². The summed E-state index contributed by atoms with van der Waals surface area (Å²) in [5, 5.41) is 4.18. The first-order valence-corrected chi connectivity index (χ1v) is 13.9. The molecule has 14 heteroatoms. The van der Waals surface area contributed by atoms with E-state index in [-0.39, 0.29) is 13.2 Å². The maximum atomic E-state index is 13.5. The second-order valence-corrected chi connectivity index (χ2v) is 12.3. The van der Waals surface area contributed by atoms with Crippen LogP contribution in [0.15, 0.2) is 34.2 Å². The van der Waals surface area contributed by atoms with E-state index < -0.39 is 59.2 Å². The molecule has 0 saturated carbocycles. The molecule has 0 aliphatic heterocycles. The molecule has 3 rings (SSSR count). The van der Waals surface area contributed by atoms with Gasteiger partial charge in [-0.25, -0.2) is 16.8 Å². The highest BCUT2D eigenvalue weighted by Gasteiger charge is 2.38. The van der Waals surface area contributed by atoms with Crippen LogP contribution in [0.4, 0.5) is 13.2 Å². The summed E-state index contributed by atoms with van der Waals surface area (Å²) in [4.78, 5) is 10.4. The molecule has 0 amide bonds. The van der Waals surface area contributed by atoms with Gasteiger partial charge in [0.1, 0.15) is 6.54 Å². The normalized spacial score (nSPS) is 16.8. The van der Waals surface area contributed by atoms with Gasteiger partial charge in [0.05, 0.1) is 40.0 Å². The minimum absolute atomic E-state index is 0.155. The second kappa shape index (κ2) is 9.90. The number of benzene rings is 1. The number of fused-ring (bicyclic) bond motifs is 1. The van der Waals surface area contributed by atoms with E-state index in [4.69, 9.17) is 4.74 Å². The zero-order chi connectivity index (χ0) is 26.2. The van der Waals surface area contributed by atoms with E-state index in [9.17, 15) is 34.8 Å². The van der Waals surface area contributed by atoms with Crippen molar-refractivity contribution < 1.29 is 39.5 Å². The fraction of sp³-hybridized carbons (Fsp3) is 0.524. The molecule has 1 aliphatic rings. The van der Waals surface area contributed by atoms with Crippen molar-refractivity contribution in [3.8, 4) is 0 Å². The number of aromatic nitrogens is 2. The third kappa shape index (κ3) is 5.54. The Hall–Kier alpha value is -2.45. The molecule has 0 spiro atoms. The largest absolute Gasteiger partial charge is 0.465 e. The highest BCUT2D eigenvalue weighted by molar-refractivity contribution is 7.91. The minimum atomic E-state index is -4.95. The SMILES string of the molecule is CCOC(=O)Cn1ncc2c1CCC[C@H]2N(C)S(=O)(=O)c1cc(C(F)(F)F)cc(S(=O)(=O)CC)c1. The quantitative estimate of drug-likeness (QED) is 0.476. The lowest BCUT2D eigenvalue weighted by molar-refractivity contribution is -0.144. The molecule has 0 fully saturated rings. The third-order valence-corrected chi connectivity index (χ3v) is 9.44. The topological polar surface area (TPSA) is 116 Å². The Bertz CT molecular complexity index is 1320. The number of carbonyl (C=O) groups excluding carboxylic acids is 1. The molecule has 0 unspecified atom stereocenters. The molecule has 9 nitrogen and oxygen atoms in total. The van der Waals surface area contributed by atoms with Gasteiger partial charge in [0.25, 0.3) is 0 Å². The molecular formula is C21H26F3N3O6S2. The summed E-state index contributed by atoms with van der Waals surface area (Å²) in [5.41, 5.74) is -0.208. The van der Waals surface area contributed by atoms with Gasteiger partial charge in [0.2, 0.25) is 10.0 Å². The summed E-state index contributed by atoms with van der Waals surface area (Å²) in [6.45, 7) is 2.96. The lowest BCUT2D eigenvalue weighted by atomic mass is 9.93. The van der Waals surface area contributed by atoms with Crippen LogP contribution in [-0.2, 0) is 48.5 Å². The summed E-state index contributed by atoms with van der Waals surface area (Å²) in [6, 6.07) is 0.874. The average molecular weight is 538 g/mol. The van der Waals surface area contributed by atoms with E-state index in [0.717, 1.165) is 10.4 Å². The Morgan fingerprint density at radius 3 is 2.43 bits per heavy atom. The first kappa shape index (κ1) is 27.1. The molecule has 35 heavy (non-hydrogen) atoms. The molecule has 1 atom stereocenters. The Kier molecular flexibility index (Phi) is 7.67. The number of esters is 1. The number of rotatable bonds is 8. The molecule has 0 saturated heterocycles. The van der Waals surface area contributed by atoms with E-state index in [1.54, 1.807) is 6.92 Å². The number of nitrogens with zero attached hydrogens (tertiary/aromatic N) is 3. The molecule has 194 valence electrons. The van der Waals surface area contributed by atoms with Crippen LogP contribution in [0.2, 0.25) is 0 Å². The van der Waals surface area contributed by atoms with Crippen molar-refractivity contribution in [2.45, 2.75) is 61.7 Å². The molecular weight excluding hydrogens is 511 g/mol. The maximum absolute atomic E-state index is 13.5. The Labute approximate surface area is 201 Å². The van der Waals surface area contributed by atoms with Gasteiger partial charge in [-0.1, -0.05) is 6.92 Å². The summed E-state index contributed by atoms with van der Waals surface area (Å²) < 4.78 is 99.2. The molecule has 0 bridgehead atoms. The van der Waals surface area contributed by atoms with Crippen LogP contribution >= 0.6 is 0 Å². The summed E-state index contributed by atoms with van der Waals surface area (Å²) in [6.07, 6.45) is -2.07. The fourth-order valence-corrected chi connectivity index (χ4v) is 6.46. The average Bonchev–Trinajstić information content (AvgIpc) is 3.20. The monoisotopic (exact) mass is 537 g/mol. The van der Waals surface area contributed by atoms with Gasteiger partial charge in [0, 0.05) is 18.3 Å². The Balaban J connectivity index is 2.04. The van der Waals surface area contributed by atoms with Gasteiger partial charge >= 0.3 is 12.1 Å². The van der Waals surface area contributed by atoms with Crippen molar-refractivity contribution in [3.05, 3.63) is 41.2 Å². The van der Waals surface area contributed by atoms with Crippen LogP contribution in [0.1, 0.15) is 49.6 Å². The molecule has 0 N–H and O–H groups in total. The molecule has 0 radical (unpaired) electrons. The van der Waals surface area contributed by atoms with Gasteiger partial charge in [-0.2, -0.15) is 22.6 Å². The highest BCUT2D eigenvalue weighted by Crippen LogP contribution is 2.38. The van der Waals surface area contributed by atoms with Gasteiger partial charge in [0.15, 0.2) is 9.84 Å². The van der Waals surface area contributed by atoms with E-state index in [1.807, 2.05) is 0 Å². The number of ether oxygens (including phenoxy) is 1. The number of sulfone groups is 1. The van der Waals surface area contributed by atoms with E-state index in [2.05, 4.69) is 5.10 Å². The smallest absolute Gasteiger partial charge is 0.416 e. The summed E-state index contributed by atoms with van der Waals surface area (Å²) in [7, 11) is -7.43. The fourth-order valence-electron chi connectivity index (χ4n) is 4.00. The van der Waals surface area contributed by atoms with Gasteiger partial charge in [-0.15, -0.1) is 0 Å². The first-order valence-electron chi connectivity index (χ1n) is 10.9. The molecule has 1 heterocycles. The number of hydrogen-bond donors (Lipinski definition) is 0. The van der Waals surface area contributed by atoms with Crippen LogP contribution in [0.5, 0.6) is 0 Å². The Morgan fingerprint density at radius 2 is 1.83 bits per heavy atom. The third-order valence-electron chi connectivity index (χ3n) is 5.88. The standard InChI is InChI=1S/C21H26F3N3O6S2/c1-4-33-20(28)13-27-19-8-6-7-18(17(19)12-25-27)26(3)35(31,32)16-10-14(21(22,23)24)9-15(11-16)34(29,30)5-2/h9-12,18H,4-8,13H2,1-3H3/t18-/m1/s1. The molecule has 1 aromatic heterocycles. The van der Waals surface area contributed by atoms with Gasteiger partial charge < -0.3 is 4.74 Å². The number of sulfonamides is 1. The molecule has 2 aromatic rings. The first-order chi connectivity index (χ1) is 16.2. The number of halogens is 3. The van der Waals surface area contributed by atoms with Gasteiger partial charge in [-0.05, 0) is 44.4 Å². The van der Waals surface area contributed by atoms with Crippen LogP contribution in [0, 0.1) is 0 Å². The Morgan fingerprint density at radius 1 is 1.17 bits per heavy atom. The number of alkyl halides is 3. The van der Waals surface area contributed by atoms with Crippen LogP contribution < -0.4 is 0 Å². The van der Waals surface area contributed by atoms with E-state index in [0.29, 0.717) is 42.7 Å². The lowest BCUT2D eigenvalue weighted by Gasteiger charge is -2.31. The zero-order valence-electron chi connectivity index (χ0n) is 19.4. The molecule has 1 aliphatic carbocycles. The van der Waals surface area contributed by atoms with Crippen molar-refractivity contribution in [1.29, 1.82) is 0 Å². The van der Waals surface area contributed by atoms with Crippen molar-refractivity contribution in [2.24, 2.45) is 0 Å². The minimum Gasteiger partial charge on any atom is -0.465 e. The zero-order valence-corrected chi connectivity index (χ0v) is 21.0. The van der Waals surface area contributed by atoms with Crippen molar-refractivity contribution in [2.75, 3.05) is 19.4 Å². The van der Waals surface area contributed by atoms with Gasteiger partial charge in [-0.3, -0.25) is 9.48 Å². The van der Waals surface area contributed by atoms with Crippen molar-refractivity contribution in [1.82, 2.24) is 14.1 Å². The summed E-state index contributed by atoms with van der Waals surface area (Å²) in [5.74, 6) is -0.995. The van der Waals surface area contributed by atoms with Crippen LogP contribution in [0.3, 0.4) is 0 Å². The lowest BCUT2D eigenvalue weighted by Crippen LogP contribution is -2.34. The van der Waals surface area contributed by atoms with Crippen LogP contribution in [-0.4, -0.2) is 56.3 Å². The summed E-state index contributed by atoms with van der Waals surface area (Å²) >= 11 is 0. The van der Waals surface area contributed by atoms with E-state index in [1.165, 1.54) is 24.9 Å². The number of carbonyl (C=O) groups is 1. The molecule has 1 aromatic carbocycles. The maximum Gasteiger partial charge on any atom is 0.416 e. The highest BCUT2D eigenvalue weighted by atomic mass is 32.2. The van der Waals surface area contributed by atoms with Crippen LogP contribution in [0.25, 0.3) is 0 Å². The van der Waals surface area contributed by atoms with Crippen molar-refractivity contribution >= 4 is 25.8 Å².